The van der Waals surface area contributed by atoms with Gasteiger partial charge in [0.25, 0.3) is 0 Å². The van der Waals surface area contributed by atoms with E-state index in [-0.39, 0.29) is 18.1 Å². The van der Waals surface area contributed by atoms with Gasteiger partial charge in [0.1, 0.15) is 0 Å². The molecule has 6 nitrogen and oxygen atoms in total. The highest BCUT2D eigenvalue weighted by atomic mass is 32.2. The number of thioether (sulfide) groups is 1. The minimum Gasteiger partial charge on any atom is -0.481 e. The molecule has 0 atom stereocenters. The highest BCUT2D eigenvalue weighted by molar-refractivity contribution is 8.00. The lowest BCUT2D eigenvalue weighted by Gasteiger charge is -2.01. The van der Waals surface area contributed by atoms with E-state index in [0.29, 0.717) is 10.8 Å². The number of thiazole rings is 1. The zero-order valence-electron chi connectivity index (χ0n) is 10.3. The van der Waals surface area contributed by atoms with E-state index in [9.17, 15) is 9.59 Å². The molecule has 0 unspecified atom stereocenters. The standard InChI is InChI=1S/C12H11N3O3S2/c16-10(7-19-9-1-3-13-4-2-9)15-12-14-8(6-20-12)5-11(17)18/h1-4,6H,5,7H2,(H,17,18)(H,14,15,16). The van der Waals surface area contributed by atoms with Crippen molar-refractivity contribution in [2.75, 3.05) is 11.1 Å². The molecular formula is C12H11N3O3S2. The first kappa shape index (κ1) is 14.5. The molecule has 0 saturated carbocycles. The molecule has 8 heteroatoms. The summed E-state index contributed by atoms with van der Waals surface area (Å²) < 4.78 is 0. The van der Waals surface area contributed by atoms with E-state index in [1.807, 2.05) is 12.1 Å². The summed E-state index contributed by atoms with van der Waals surface area (Å²) in [4.78, 5) is 31.1. The van der Waals surface area contributed by atoms with Crippen LogP contribution >= 0.6 is 23.1 Å². The maximum Gasteiger partial charge on any atom is 0.309 e. The van der Waals surface area contributed by atoms with Crippen molar-refractivity contribution >= 4 is 40.1 Å². The number of carbonyl (C=O) groups is 2. The topological polar surface area (TPSA) is 92.2 Å². The monoisotopic (exact) mass is 309 g/mol. The molecule has 20 heavy (non-hydrogen) atoms. The summed E-state index contributed by atoms with van der Waals surface area (Å²) in [5, 5.41) is 13.3. The zero-order chi connectivity index (χ0) is 14.4. The number of anilines is 1. The van der Waals surface area contributed by atoms with Gasteiger partial charge in [0, 0.05) is 22.7 Å². The second kappa shape index (κ2) is 7.01. The number of rotatable bonds is 6. The first-order chi connectivity index (χ1) is 9.63. The molecule has 0 aliphatic rings. The van der Waals surface area contributed by atoms with Crippen LogP contribution in [0.2, 0.25) is 0 Å². The van der Waals surface area contributed by atoms with Crippen molar-refractivity contribution in [1.82, 2.24) is 9.97 Å². The highest BCUT2D eigenvalue weighted by Crippen LogP contribution is 2.19. The molecule has 0 spiro atoms. The van der Waals surface area contributed by atoms with Crippen molar-refractivity contribution in [3.63, 3.8) is 0 Å². The number of carboxylic acid groups (broad SMARTS) is 1. The Morgan fingerprint density at radius 3 is 2.80 bits per heavy atom. The minimum atomic E-state index is -0.943. The predicted octanol–water partition coefficient (Wildman–Crippen LogP) is 1.90. The fraction of sp³-hybridized carbons (Fsp3) is 0.167. The summed E-state index contributed by atoms with van der Waals surface area (Å²) in [5.74, 6) is -0.859. The average Bonchev–Trinajstić information content (AvgIpc) is 2.84. The van der Waals surface area contributed by atoms with Crippen molar-refractivity contribution in [3.8, 4) is 0 Å². The van der Waals surface area contributed by atoms with Gasteiger partial charge < -0.3 is 10.4 Å². The number of hydrogen-bond donors (Lipinski definition) is 2. The second-order valence-corrected chi connectivity index (χ2v) is 5.64. The van der Waals surface area contributed by atoms with Crippen LogP contribution in [0, 0.1) is 0 Å². The van der Waals surface area contributed by atoms with Crippen LogP contribution in [0.25, 0.3) is 0 Å². The van der Waals surface area contributed by atoms with Crippen LogP contribution < -0.4 is 5.32 Å². The van der Waals surface area contributed by atoms with E-state index >= 15 is 0 Å². The van der Waals surface area contributed by atoms with E-state index < -0.39 is 5.97 Å². The van der Waals surface area contributed by atoms with Crippen LogP contribution in [0.1, 0.15) is 5.69 Å². The molecule has 0 saturated heterocycles. The molecule has 0 fully saturated rings. The number of carboxylic acids is 1. The van der Waals surface area contributed by atoms with Gasteiger partial charge in [0.15, 0.2) is 5.13 Å². The number of aromatic nitrogens is 2. The Morgan fingerprint density at radius 1 is 1.35 bits per heavy atom. The van der Waals surface area contributed by atoms with Crippen LogP contribution in [-0.2, 0) is 16.0 Å². The Bertz CT molecular complexity index is 601. The number of carbonyl (C=O) groups excluding carboxylic acids is 1. The fourth-order valence-electron chi connectivity index (χ4n) is 1.34. The highest BCUT2D eigenvalue weighted by Gasteiger charge is 2.09. The number of nitrogens with zero attached hydrogens (tertiary/aromatic N) is 2. The van der Waals surface area contributed by atoms with Gasteiger partial charge in [-0.05, 0) is 12.1 Å². The molecule has 2 aromatic rings. The lowest BCUT2D eigenvalue weighted by atomic mass is 10.3. The summed E-state index contributed by atoms with van der Waals surface area (Å²) in [6.07, 6.45) is 3.19. The smallest absolute Gasteiger partial charge is 0.309 e. The Balaban J connectivity index is 1.82. The van der Waals surface area contributed by atoms with Crippen molar-refractivity contribution in [3.05, 3.63) is 35.6 Å². The van der Waals surface area contributed by atoms with E-state index in [2.05, 4.69) is 15.3 Å². The van der Waals surface area contributed by atoms with E-state index in [4.69, 9.17) is 5.11 Å². The van der Waals surface area contributed by atoms with Crippen molar-refractivity contribution in [2.45, 2.75) is 11.3 Å². The SMILES string of the molecule is O=C(O)Cc1csc(NC(=O)CSc2ccncc2)n1. The summed E-state index contributed by atoms with van der Waals surface area (Å²) in [6, 6.07) is 3.65. The second-order valence-electron chi connectivity index (χ2n) is 3.73. The molecule has 0 aromatic carbocycles. The third kappa shape index (κ3) is 4.63. The maximum absolute atomic E-state index is 11.7. The molecule has 2 aromatic heterocycles. The van der Waals surface area contributed by atoms with Gasteiger partial charge in [-0.1, -0.05) is 0 Å². The lowest BCUT2D eigenvalue weighted by Crippen LogP contribution is -2.14. The van der Waals surface area contributed by atoms with Crippen LogP contribution in [0.15, 0.2) is 34.8 Å². The fourth-order valence-corrected chi connectivity index (χ4v) is 2.75. The van der Waals surface area contributed by atoms with Gasteiger partial charge in [0.05, 0.1) is 17.9 Å². The molecule has 0 aliphatic heterocycles. The quantitative estimate of drug-likeness (QED) is 0.792. The Morgan fingerprint density at radius 2 is 2.10 bits per heavy atom. The normalized spacial score (nSPS) is 10.2. The maximum atomic E-state index is 11.7. The van der Waals surface area contributed by atoms with Gasteiger partial charge in [0.2, 0.25) is 5.91 Å². The third-order valence-electron chi connectivity index (χ3n) is 2.15. The van der Waals surface area contributed by atoms with Gasteiger partial charge >= 0.3 is 5.97 Å². The molecule has 0 bridgehead atoms. The molecule has 0 radical (unpaired) electrons. The van der Waals surface area contributed by atoms with Crippen molar-refractivity contribution in [2.24, 2.45) is 0 Å². The minimum absolute atomic E-state index is 0.141. The van der Waals surface area contributed by atoms with Crippen LogP contribution in [0.4, 0.5) is 5.13 Å². The van der Waals surface area contributed by atoms with Gasteiger partial charge in [-0.3, -0.25) is 14.6 Å². The van der Waals surface area contributed by atoms with Crippen molar-refractivity contribution in [1.29, 1.82) is 0 Å². The Kier molecular flexibility index (Phi) is 5.08. The van der Waals surface area contributed by atoms with Crippen LogP contribution in [-0.4, -0.2) is 32.7 Å². The summed E-state index contributed by atoms with van der Waals surface area (Å²) in [5.41, 5.74) is 0.444. The first-order valence-corrected chi connectivity index (χ1v) is 7.49. The van der Waals surface area contributed by atoms with Gasteiger partial charge in [-0.25, -0.2) is 4.98 Å². The van der Waals surface area contributed by atoms with Gasteiger partial charge in [-0.15, -0.1) is 23.1 Å². The number of pyridine rings is 1. The lowest BCUT2D eigenvalue weighted by molar-refractivity contribution is -0.136. The predicted molar refractivity (Wildman–Crippen MR) is 77.0 cm³/mol. The number of aliphatic carboxylic acids is 1. The summed E-state index contributed by atoms with van der Waals surface area (Å²) >= 11 is 2.61. The number of amides is 1. The molecule has 1 amide bonds. The largest absolute Gasteiger partial charge is 0.481 e. The van der Waals surface area contributed by atoms with E-state index in [1.54, 1.807) is 17.8 Å². The number of hydrogen-bond acceptors (Lipinski definition) is 6. The van der Waals surface area contributed by atoms with Crippen molar-refractivity contribution < 1.29 is 14.7 Å². The molecule has 104 valence electrons. The van der Waals surface area contributed by atoms with E-state index in [1.165, 1.54) is 23.1 Å². The molecule has 2 heterocycles. The Hall–Kier alpha value is -1.93. The molecule has 2 rings (SSSR count). The third-order valence-corrected chi connectivity index (χ3v) is 3.97. The molecular weight excluding hydrogens is 298 g/mol. The average molecular weight is 309 g/mol. The molecule has 0 aliphatic carbocycles. The van der Waals surface area contributed by atoms with E-state index in [0.717, 1.165) is 4.90 Å². The summed E-state index contributed by atoms with van der Waals surface area (Å²) in [7, 11) is 0. The first-order valence-electron chi connectivity index (χ1n) is 5.62. The van der Waals surface area contributed by atoms with Crippen LogP contribution in [0.3, 0.4) is 0 Å². The summed E-state index contributed by atoms with van der Waals surface area (Å²) in [6.45, 7) is 0. The van der Waals surface area contributed by atoms with Crippen LogP contribution in [0.5, 0.6) is 0 Å². The molecule has 2 N–H and O–H groups in total. The number of nitrogens with one attached hydrogen (secondary N) is 1. The zero-order valence-corrected chi connectivity index (χ0v) is 11.9. The van der Waals surface area contributed by atoms with Gasteiger partial charge in [-0.2, -0.15) is 0 Å². The Labute approximate surface area is 123 Å².